The van der Waals surface area contributed by atoms with Gasteiger partial charge in [0.25, 0.3) is 5.91 Å². The molecule has 2 rings (SSSR count). The molecule has 0 aromatic heterocycles. The molecular formula is C13H17BrN2O2. The molecule has 0 aliphatic heterocycles. The van der Waals surface area contributed by atoms with Gasteiger partial charge in [-0.1, -0.05) is 15.9 Å². The van der Waals surface area contributed by atoms with E-state index in [0.717, 1.165) is 30.2 Å². The van der Waals surface area contributed by atoms with Gasteiger partial charge in [0.2, 0.25) is 0 Å². The summed E-state index contributed by atoms with van der Waals surface area (Å²) in [6, 6.07) is 7.44. The maximum Gasteiger partial charge on any atom is 0.274 e. The van der Waals surface area contributed by atoms with Gasteiger partial charge in [0.1, 0.15) is 0 Å². The van der Waals surface area contributed by atoms with Crippen LogP contribution in [0.5, 0.6) is 0 Å². The zero-order valence-corrected chi connectivity index (χ0v) is 11.7. The average molecular weight is 313 g/mol. The minimum absolute atomic E-state index is 0.0872. The molecule has 1 saturated carbocycles. The van der Waals surface area contributed by atoms with Gasteiger partial charge in [-0.2, -0.15) is 0 Å². The SMILES string of the molecule is NC1CCC(ONC(=O)c2ccc(Br)cc2)CC1. The molecule has 18 heavy (non-hydrogen) atoms. The van der Waals surface area contributed by atoms with E-state index in [1.165, 1.54) is 0 Å². The number of halogens is 1. The van der Waals surface area contributed by atoms with Crippen LogP contribution in [0.3, 0.4) is 0 Å². The predicted molar refractivity (Wildman–Crippen MR) is 72.9 cm³/mol. The quantitative estimate of drug-likeness (QED) is 0.842. The minimum Gasteiger partial charge on any atom is -0.328 e. The third kappa shape index (κ3) is 3.80. The van der Waals surface area contributed by atoms with E-state index in [-0.39, 0.29) is 18.1 Å². The Morgan fingerprint density at radius 1 is 1.22 bits per heavy atom. The van der Waals surface area contributed by atoms with Crippen molar-refractivity contribution in [2.45, 2.75) is 37.8 Å². The number of nitrogens with two attached hydrogens (primary N) is 1. The molecule has 0 heterocycles. The Hall–Kier alpha value is -0.910. The van der Waals surface area contributed by atoms with Gasteiger partial charge in [-0.3, -0.25) is 9.63 Å². The average Bonchev–Trinajstić information content (AvgIpc) is 2.38. The number of amides is 1. The molecule has 0 saturated heterocycles. The second kappa shape index (κ2) is 6.31. The van der Waals surface area contributed by atoms with E-state index < -0.39 is 0 Å². The normalized spacial score (nSPS) is 23.7. The zero-order valence-electron chi connectivity index (χ0n) is 10.1. The van der Waals surface area contributed by atoms with Gasteiger partial charge in [0.15, 0.2) is 0 Å². The van der Waals surface area contributed by atoms with E-state index in [0.29, 0.717) is 5.56 Å². The highest BCUT2D eigenvalue weighted by Gasteiger charge is 2.20. The molecule has 1 fully saturated rings. The third-order valence-electron chi connectivity index (χ3n) is 3.14. The monoisotopic (exact) mass is 312 g/mol. The lowest BCUT2D eigenvalue weighted by atomic mass is 9.94. The first-order chi connectivity index (χ1) is 8.65. The molecule has 5 heteroatoms. The lowest BCUT2D eigenvalue weighted by Crippen LogP contribution is -2.35. The van der Waals surface area contributed by atoms with Crippen LogP contribution in [0.4, 0.5) is 0 Å². The molecule has 4 nitrogen and oxygen atoms in total. The molecule has 1 amide bonds. The Bertz CT molecular complexity index is 400. The number of rotatable bonds is 3. The summed E-state index contributed by atoms with van der Waals surface area (Å²) >= 11 is 3.33. The number of benzene rings is 1. The second-order valence-corrected chi connectivity index (χ2v) is 5.51. The fraction of sp³-hybridized carbons (Fsp3) is 0.462. The van der Waals surface area contributed by atoms with E-state index >= 15 is 0 Å². The Labute approximate surface area is 115 Å². The van der Waals surface area contributed by atoms with Crippen molar-refractivity contribution >= 4 is 21.8 Å². The summed E-state index contributed by atoms with van der Waals surface area (Å²) < 4.78 is 0.946. The van der Waals surface area contributed by atoms with Crippen LogP contribution in [0.1, 0.15) is 36.0 Å². The molecule has 3 N–H and O–H groups in total. The summed E-state index contributed by atoms with van der Waals surface area (Å²) in [5.74, 6) is -0.211. The second-order valence-electron chi connectivity index (χ2n) is 4.59. The summed E-state index contributed by atoms with van der Waals surface area (Å²) in [5.41, 5.74) is 8.91. The van der Waals surface area contributed by atoms with E-state index in [1.54, 1.807) is 12.1 Å². The van der Waals surface area contributed by atoms with E-state index in [9.17, 15) is 4.79 Å². The number of hydrogen-bond donors (Lipinski definition) is 2. The highest BCUT2D eigenvalue weighted by atomic mass is 79.9. The Morgan fingerprint density at radius 3 is 2.44 bits per heavy atom. The minimum atomic E-state index is -0.211. The van der Waals surface area contributed by atoms with Gasteiger partial charge in [-0.05, 0) is 49.9 Å². The van der Waals surface area contributed by atoms with E-state index in [1.807, 2.05) is 12.1 Å². The number of hydrogen-bond acceptors (Lipinski definition) is 3. The van der Waals surface area contributed by atoms with Crippen LogP contribution >= 0.6 is 15.9 Å². The Morgan fingerprint density at radius 2 is 1.83 bits per heavy atom. The first-order valence-corrected chi connectivity index (χ1v) is 6.91. The van der Waals surface area contributed by atoms with E-state index in [2.05, 4.69) is 21.4 Å². The van der Waals surface area contributed by atoms with E-state index in [4.69, 9.17) is 10.6 Å². The van der Waals surface area contributed by atoms with Crippen molar-refractivity contribution < 1.29 is 9.63 Å². The van der Waals surface area contributed by atoms with Crippen LogP contribution in [0.25, 0.3) is 0 Å². The van der Waals surface area contributed by atoms with Gasteiger partial charge in [0.05, 0.1) is 6.10 Å². The van der Waals surface area contributed by atoms with Crippen molar-refractivity contribution in [1.29, 1.82) is 0 Å². The molecule has 0 bridgehead atoms. The molecular weight excluding hydrogens is 296 g/mol. The van der Waals surface area contributed by atoms with Gasteiger partial charge >= 0.3 is 0 Å². The van der Waals surface area contributed by atoms with Crippen molar-refractivity contribution in [2.75, 3.05) is 0 Å². The van der Waals surface area contributed by atoms with Crippen molar-refractivity contribution in [3.05, 3.63) is 34.3 Å². The predicted octanol–water partition coefficient (Wildman–Crippen LogP) is 2.38. The molecule has 1 aliphatic carbocycles. The van der Waals surface area contributed by atoms with Crippen LogP contribution in [0.2, 0.25) is 0 Å². The molecule has 1 aromatic rings. The summed E-state index contributed by atoms with van der Waals surface area (Å²) in [4.78, 5) is 17.2. The smallest absolute Gasteiger partial charge is 0.274 e. The molecule has 1 aliphatic rings. The Balaban J connectivity index is 1.79. The standard InChI is InChI=1S/C13H17BrN2O2/c14-10-3-1-9(2-4-10)13(17)16-18-12-7-5-11(15)6-8-12/h1-4,11-12H,5-8,15H2,(H,16,17). The highest BCUT2D eigenvalue weighted by molar-refractivity contribution is 9.10. The van der Waals surface area contributed by atoms with Crippen LogP contribution in [0.15, 0.2) is 28.7 Å². The van der Waals surface area contributed by atoms with Crippen molar-refractivity contribution in [3.8, 4) is 0 Å². The summed E-state index contributed by atoms with van der Waals surface area (Å²) in [6.45, 7) is 0. The topological polar surface area (TPSA) is 64.3 Å². The lowest BCUT2D eigenvalue weighted by molar-refractivity contribution is -0.0331. The van der Waals surface area contributed by atoms with Gasteiger partial charge in [-0.25, -0.2) is 5.48 Å². The molecule has 98 valence electrons. The third-order valence-corrected chi connectivity index (χ3v) is 3.67. The fourth-order valence-electron chi connectivity index (χ4n) is 2.00. The zero-order chi connectivity index (χ0) is 13.0. The molecule has 0 atom stereocenters. The largest absolute Gasteiger partial charge is 0.328 e. The lowest BCUT2D eigenvalue weighted by Gasteiger charge is -2.25. The molecule has 0 unspecified atom stereocenters. The summed E-state index contributed by atoms with van der Waals surface area (Å²) in [6.07, 6.45) is 3.81. The van der Waals surface area contributed by atoms with Gasteiger partial charge < -0.3 is 5.73 Å². The molecule has 1 aromatic carbocycles. The first kappa shape index (κ1) is 13.5. The summed E-state index contributed by atoms with van der Waals surface area (Å²) in [7, 11) is 0. The molecule has 0 radical (unpaired) electrons. The maximum atomic E-state index is 11.8. The highest BCUT2D eigenvalue weighted by Crippen LogP contribution is 2.19. The van der Waals surface area contributed by atoms with Gasteiger partial charge in [0, 0.05) is 16.1 Å². The van der Waals surface area contributed by atoms with Crippen LogP contribution < -0.4 is 11.2 Å². The number of carbonyl (C=O) groups excluding carboxylic acids is 1. The number of nitrogens with one attached hydrogen (secondary N) is 1. The van der Waals surface area contributed by atoms with Crippen molar-refractivity contribution in [3.63, 3.8) is 0 Å². The fourth-order valence-corrected chi connectivity index (χ4v) is 2.27. The van der Waals surface area contributed by atoms with Crippen molar-refractivity contribution in [2.24, 2.45) is 5.73 Å². The van der Waals surface area contributed by atoms with Gasteiger partial charge in [-0.15, -0.1) is 0 Å². The number of hydroxylamine groups is 1. The first-order valence-electron chi connectivity index (χ1n) is 6.12. The van der Waals surface area contributed by atoms with Crippen molar-refractivity contribution in [1.82, 2.24) is 5.48 Å². The maximum absolute atomic E-state index is 11.8. The van der Waals surface area contributed by atoms with Crippen LogP contribution in [-0.2, 0) is 4.84 Å². The Kier molecular flexibility index (Phi) is 4.74. The van der Waals surface area contributed by atoms with Crippen LogP contribution in [0, 0.1) is 0 Å². The van der Waals surface area contributed by atoms with Crippen LogP contribution in [-0.4, -0.2) is 18.1 Å². The summed E-state index contributed by atoms with van der Waals surface area (Å²) in [5, 5.41) is 0. The molecule has 0 spiro atoms. The number of carbonyl (C=O) groups is 1.